The first-order valence-corrected chi connectivity index (χ1v) is 15.6. The Hall–Kier alpha value is -2.52. The Kier molecular flexibility index (Phi) is 8.64. The molecule has 4 rings (SSSR count). The van der Waals surface area contributed by atoms with Crippen LogP contribution >= 0.6 is 50.5 Å². The maximum Gasteiger partial charge on any atom is 0.163 e. The average molecular weight is 639 g/mol. The summed E-state index contributed by atoms with van der Waals surface area (Å²) < 4.78 is -1.46. The molecular weight excluding hydrogens is 601 g/mol. The summed E-state index contributed by atoms with van der Waals surface area (Å²) in [5.74, 6) is -1.29. The SMILES string of the molecule is C=c1c(C)c(-c2c(C)c(=C)c3c(C(C)C)c(O)c(O)c(C(S)S)c3c2=C)c(=C)c2c(C(S)S)c(O)c(O)c(C(C)C)c12. The third kappa shape index (κ3) is 4.48. The van der Waals surface area contributed by atoms with Gasteiger partial charge in [0.15, 0.2) is 23.0 Å². The summed E-state index contributed by atoms with van der Waals surface area (Å²) in [7, 11) is 0. The van der Waals surface area contributed by atoms with Crippen LogP contribution in [0.1, 0.15) is 82.1 Å². The quantitative estimate of drug-likeness (QED) is 0.0711. The van der Waals surface area contributed by atoms with Crippen LogP contribution in [0, 0.1) is 13.8 Å². The fourth-order valence-corrected chi connectivity index (χ4v) is 7.47. The smallest absolute Gasteiger partial charge is 0.163 e. The van der Waals surface area contributed by atoms with Gasteiger partial charge in [-0.15, -0.1) is 0 Å². The molecule has 0 heterocycles. The molecule has 0 spiro atoms. The summed E-state index contributed by atoms with van der Waals surface area (Å²) >= 11 is 18.2. The Morgan fingerprint density at radius 1 is 0.452 bits per heavy atom. The van der Waals surface area contributed by atoms with Gasteiger partial charge >= 0.3 is 0 Å². The number of fused-ring (bicyclic) bond motifs is 2. The van der Waals surface area contributed by atoms with E-state index in [1.54, 1.807) is 0 Å². The van der Waals surface area contributed by atoms with Crippen molar-refractivity contribution in [1.29, 1.82) is 0 Å². The Labute approximate surface area is 268 Å². The lowest BCUT2D eigenvalue weighted by Gasteiger charge is -2.25. The van der Waals surface area contributed by atoms with Gasteiger partial charge in [0.2, 0.25) is 0 Å². The molecule has 0 saturated carbocycles. The molecule has 0 aliphatic rings. The standard InChI is InChI=1S/C34H38O4S4/c1-11(2)19-23-15(7)13(5)21(17(9)25(23)27(33(39)40)31(37)29(19)35)22-14(6)16(8)24-20(12(3)4)30(36)32(38)28(34(41)42)26(24)18(22)10/h11-12,33-42H,7-10H2,1-6H3. The van der Waals surface area contributed by atoms with E-state index in [-0.39, 0.29) is 34.8 Å². The third-order valence-corrected chi connectivity index (χ3v) is 9.47. The molecule has 0 atom stereocenters. The minimum absolute atomic E-state index is 0.136. The number of hydrogen-bond acceptors (Lipinski definition) is 8. The topological polar surface area (TPSA) is 80.9 Å². The molecule has 8 heteroatoms. The van der Waals surface area contributed by atoms with Crippen molar-refractivity contribution in [2.75, 3.05) is 0 Å². The van der Waals surface area contributed by atoms with Gasteiger partial charge < -0.3 is 20.4 Å². The second kappa shape index (κ2) is 11.2. The molecule has 4 N–H and O–H groups in total. The monoisotopic (exact) mass is 638 g/mol. The van der Waals surface area contributed by atoms with Gasteiger partial charge in [-0.05, 0) is 90.4 Å². The molecule has 4 nitrogen and oxygen atoms in total. The minimum Gasteiger partial charge on any atom is -0.504 e. The molecule has 0 fully saturated rings. The predicted octanol–water partition coefficient (Wildman–Crippen LogP) is 6.70. The van der Waals surface area contributed by atoms with E-state index in [2.05, 4.69) is 76.8 Å². The van der Waals surface area contributed by atoms with Gasteiger partial charge in [-0.1, -0.05) is 54.0 Å². The minimum atomic E-state index is -0.732. The van der Waals surface area contributed by atoms with E-state index in [1.165, 1.54) is 0 Å². The zero-order chi connectivity index (χ0) is 31.9. The summed E-state index contributed by atoms with van der Waals surface area (Å²) in [6.45, 7) is 29.5. The van der Waals surface area contributed by atoms with Crippen LogP contribution in [0.5, 0.6) is 23.0 Å². The number of phenols is 4. The van der Waals surface area contributed by atoms with Crippen molar-refractivity contribution in [3.05, 3.63) is 54.3 Å². The van der Waals surface area contributed by atoms with E-state index in [0.717, 1.165) is 22.3 Å². The average Bonchev–Trinajstić information content (AvgIpc) is 2.88. The molecule has 42 heavy (non-hydrogen) atoms. The van der Waals surface area contributed by atoms with E-state index in [1.807, 2.05) is 41.5 Å². The zero-order valence-electron chi connectivity index (χ0n) is 24.7. The van der Waals surface area contributed by atoms with Crippen molar-refractivity contribution in [2.24, 2.45) is 0 Å². The number of hydrogen-bond donors (Lipinski definition) is 8. The lowest BCUT2D eigenvalue weighted by Crippen LogP contribution is -2.27. The molecular formula is C34H38O4S4. The summed E-state index contributed by atoms with van der Waals surface area (Å²) in [4.78, 5) is 0. The van der Waals surface area contributed by atoms with Crippen LogP contribution < -0.4 is 20.9 Å². The number of aromatic hydroxyl groups is 4. The van der Waals surface area contributed by atoms with Crippen molar-refractivity contribution in [2.45, 2.75) is 62.5 Å². The number of thiol groups is 4. The molecule has 0 amide bonds. The predicted molar refractivity (Wildman–Crippen MR) is 193 cm³/mol. The summed E-state index contributed by atoms with van der Waals surface area (Å²) in [5.41, 5.74) is 4.92. The first-order chi connectivity index (χ1) is 19.4. The fourth-order valence-electron chi connectivity index (χ4n) is 6.46. The van der Waals surface area contributed by atoms with Gasteiger partial charge in [0, 0.05) is 22.3 Å². The van der Waals surface area contributed by atoms with Crippen LogP contribution in [0.15, 0.2) is 0 Å². The number of phenolic OH excluding ortho intramolecular Hbond substituents is 4. The van der Waals surface area contributed by atoms with Gasteiger partial charge in [-0.25, -0.2) is 0 Å². The summed E-state index contributed by atoms with van der Waals surface area (Å²) in [6.07, 6.45) is 0. The van der Waals surface area contributed by atoms with Gasteiger partial charge in [0.05, 0.1) is 9.16 Å². The van der Waals surface area contributed by atoms with Crippen LogP contribution in [0.3, 0.4) is 0 Å². The van der Waals surface area contributed by atoms with Crippen LogP contribution in [0.2, 0.25) is 0 Å². The highest BCUT2D eigenvalue weighted by atomic mass is 32.2. The highest BCUT2D eigenvalue weighted by Gasteiger charge is 2.29. The highest BCUT2D eigenvalue weighted by Crippen LogP contribution is 2.48. The van der Waals surface area contributed by atoms with E-state index in [0.29, 0.717) is 64.7 Å². The van der Waals surface area contributed by atoms with Crippen LogP contribution in [-0.2, 0) is 0 Å². The van der Waals surface area contributed by atoms with Crippen LogP contribution in [-0.4, -0.2) is 20.4 Å². The molecule has 0 aromatic heterocycles. The Bertz CT molecular complexity index is 1880. The number of rotatable bonds is 5. The van der Waals surface area contributed by atoms with Crippen LogP contribution in [0.4, 0.5) is 0 Å². The molecule has 0 aliphatic carbocycles. The maximum atomic E-state index is 11.2. The van der Waals surface area contributed by atoms with Gasteiger partial charge in [-0.2, -0.15) is 50.5 Å². The van der Waals surface area contributed by atoms with E-state index >= 15 is 0 Å². The van der Waals surface area contributed by atoms with Crippen molar-refractivity contribution < 1.29 is 20.4 Å². The first-order valence-electron chi connectivity index (χ1n) is 13.6. The van der Waals surface area contributed by atoms with E-state index < -0.39 is 9.16 Å². The van der Waals surface area contributed by atoms with Crippen molar-refractivity contribution in [3.63, 3.8) is 0 Å². The molecule has 0 unspecified atom stereocenters. The van der Waals surface area contributed by atoms with E-state index in [9.17, 15) is 20.4 Å². The van der Waals surface area contributed by atoms with Crippen molar-refractivity contribution >= 4 is 98.4 Å². The van der Waals surface area contributed by atoms with Gasteiger partial charge in [-0.3, -0.25) is 0 Å². The molecule has 4 aromatic carbocycles. The maximum absolute atomic E-state index is 11.2. The molecule has 0 radical (unpaired) electrons. The molecule has 0 saturated heterocycles. The van der Waals surface area contributed by atoms with Crippen LogP contribution in [0.25, 0.3) is 59.0 Å². The highest BCUT2D eigenvalue weighted by molar-refractivity contribution is 7.98. The summed E-state index contributed by atoms with van der Waals surface area (Å²) in [6, 6.07) is 0. The van der Waals surface area contributed by atoms with Crippen molar-refractivity contribution in [3.8, 4) is 34.1 Å². The first kappa shape index (κ1) is 32.4. The molecule has 4 aromatic rings. The molecule has 0 bridgehead atoms. The number of benzene rings is 4. The Morgan fingerprint density at radius 3 is 0.929 bits per heavy atom. The normalized spacial score (nSPS) is 12.2. The molecule has 222 valence electrons. The van der Waals surface area contributed by atoms with Gasteiger partial charge in [0.1, 0.15) is 0 Å². The molecule has 0 aliphatic heterocycles. The van der Waals surface area contributed by atoms with Gasteiger partial charge in [0.25, 0.3) is 0 Å². The Balaban J connectivity index is 2.43. The van der Waals surface area contributed by atoms with Crippen molar-refractivity contribution in [1.82, 2.24) is 0 Å². The zero-order valence-corrected chi connectivity index (χ0v) is 28.3. The second-order valence-electron chi connectivity index (χ2n) is 11.5. The lowest BCUT2D eigenvalue weighted by molar-refractivity contribution is 0.396. The summed E-state index contributed by atoms with van der Waals surface area (Å²) in [5, 5.41) is 49.7. The van der Waals surface area contributed by atoms with E-state index in [4.69, 9.17) is 0 Å². The largest absolute Gasteiger partial charge is 0.504 e. The third-order valence-electron chi connectivity index (χ3n) is 8.43. The lowest BCUT2D eigenvalue weighted by atomic mass is 9.81. The Morgan fingerprint density at radius 2 is 0.690 bits per heavy atom. The fraction of sp³-hybridized carbons (Fsp3) is 0.294. The second-order valence-corrected chi connectivity index (χ2v) is 14.4.